The standard InChI is InChI=1S/C13H23N3O4/c1-8(2)10(15-13(19)20-4)12(18)16-7-5-6-9(16)11(17)14-3/h8-10H,5-7H2,1-4H3,(H,14,17)(H,15,19)/t9?,10-/m0/s1. The molecule has 2 atom stereocenters. The minimum absolute atomic E-state index is 0.0902. The summed E-state index contributed by atoms with van der Waals surface area (Å²) in [6, 6.07) is -1.14. The lowest BCUT2D eigenvalue weighted by Crippen LogP contribution is -2.54. The van der Waals surface area contributed by atoms with Gasteiger partial charge in [-0.3, -0.25) is 9.59 Å². The molecule has 2 N–H and O–H groups in total. The summed E-state index contributed by atoms with van der Waals surface area (Å²) in [7, 11) is 2.80. The second-order valence-electron chi connectivity index (χ2n) is 5.16. The predicted octanol–water partition coefficient (Wildman–Crippen LogP) is 0.104. The van der Waals surface area contributed by atoms with E-state index in [2.05, 4.69) is 15.4 Å². The molecular formula is C13H23N3O4. The Kier molecular flexibility index (Phi) is 5.79. The van der Waals surface area contributed by atoms with Crippen molar-refractivity contribution in [3.8, 4) is 0 Å². The van der Waals surface area contributed by atoms with Crippen molar-refractivity contribution in [3.05, 3.63) is 0 Å². The van der Waals surface area contributed by atoms with Crippen molar-refractivity contribution in [2.75, 3.05) is 20.7 Å². The second-order valence-corrected chi connectivity index (χ2v) is 5.16. The van der Waals surface area contributed by atoms with Crippen LogP contribution in [0.25, 0.3) is 0 Å². The predicted molar refractivity (Wildman–Crippen MR) is 73.0 cm³/mol. The summed E-state index contributed by atoms with van der Waals surface area (Å²) in [4.78, 5) is 37.2. The molecular weight excluding hydrogens is 262 g/mol. The Balaban J connectivity index is 2.83. The number of nitrogens with zero attached hydrogens (tertiary/aromatic N) is 1. The number of methoxy groups -OCH3 is 1. The molecule has 0 radical (unpaired) electrons. The van der Waals surface area contributed by atoms with Crippen LogP contribution in [-0.4, -0.2) is 55.6 Å². The van der Waals surface area contributed by atoms with E-state index in [9.17, 15) is 14.4 Å². The number of alkyl carbamates (subject to hydrolysis) is 1. The van der Waals surface area contributed by atoms with Crippen LogP contribution in [0.2, 0.25) is 0 Å². The minimum Gasteiger partial charge on any atom is -0.453 e. The first-order valence-corrected chi connectivity index (χ1v) is 6.79. The molecule has 0 aromatic rings. The van der Waals surface area contributed by atoms with E-state index in [1.165, 1.54) is 7.11 Å². The van der Waals surface area contributed by atoms with Crippen LogP contribution in [0, 0.1) is 5.92 Å². The van der Waals surface area contributed by atoms with Gasteiger partial charge in [-0.2, -0.15) is 0 Å². The number of ether oxygens (including phenoxy) is 1. The molecule has 7 nitrogen and oxygen atoms in total. The van der Waals surface area contributed by atoms with Crippen molar-refractivity contribution in [1.29, 1.82) is 0 Å². The molecule has 1 unspecified atom stereocenters. The highest BCUT2D eigenvalue weighted by Crippen LogP contribution is 2.20. The molecule has 1 aliphatic heterocycles. The molecule has 114 valence electrons. The monoisotopic (exact) mass is 285 g/mol. The fourth-order valence-electron chi connectivity index (χ4n) is 2.35. The number of hydrogen-bond donors (Lipinski definition) is 2. The molecule has 3 amide bonds. The summed E-state index contributed by atoms with van der Waals surface area (Å²) in [5, 5.41) is 5.10. The van der Waals surface area contributed by atoms with Crippen molar-refractivity contribution >= 4 is 17.9 Å². The highest BCUT2D eigenvalue weighted by atomic mass is 16.5. The van der Waals surface area contributed by atoms with Gasteiger partial charge in [-0.25, -0.2) is 4.79 Å². The zero-order chi connectivity index (χ0) is 15.3. The molecule has 1 heterocycles. The summed E-state index contributed by atoms with van der Waals surface area (Å²) in [6.45, 7) is 4.20. The van der Waals surface area contributed by atoms with Crippen molar-refractivity contribution in [2.24, 2.45) is 5.92 Å². The topological polar surface area (TPSA) is 87.7 Å². The lowest BCUT2D eigenvalue weighted by molar-refractivity contribution is -0.140. The van der Waals surface area contributed by atoms with Gasteiger partial charge in [0.2, 0.25) is 11.8 Å². The van der Waals surface area contributed by atoms with E-state index in [0.29, 0.717) is 13.0 Å². The summed E-state index contributed by atoms with van der Waals surface area (Å²) in [6.07, 6.45) is 0.786. The number of amides is 3. The van der Waals surface area contributed by atoms with Crippen LogP contribution in [0.4, 0.5) is 4.79 Å². The van der Waals surface area contributed by atoms with Gasteiger partial charge in [-0.15, -0.1) is 0 Å². The fraction of sp³-hybridized carbons (Fsp3) is 0.769. The summed E-state index contributed by atoms with van der Waals surface area (Å²) in [5.74, 6) is -0.500. The Morgan fingerprint density at radius 2 is 1.95 bits per heavy atom. The van der Waals surface area contributed by atoms with E-state index in [-0.39, 0.29) is 17.7 Å². The van der Waals surface area contributed by atoms with Gasteiger partial charge >= 0.3 is 6.09 Å². The van der Waals surface area contributed by atoms with Crippen molar-refractivity contribution < 1.29 is 19.1 Å². The number of carbonyl (C=O) groups is 3. The largest absolute Gasteiger partial charge is 0.453 e. The zero-order valence-electron chi connectivity index (χ0n) is 12.4. The molecule has 1 aliphatic rings. The second kappa shape index (κ2) is 7.12. The van der Waals surface area contributed by atoms with Crippen LogP contribution in [0.15, 0.2) is 0 Å². The van der Waals surface area contributed by atoms with Gasteiger partial charge in [0.15, 0.2) is 0 Å². The number of rotatable bonds is 4. The van der Waals surface area contributed by atoms with Gasteiger partial charge in [0.05, 0.1) is 7.11 Å². The first kappa shape index (κ1) is 16.3. The van der Waals surface area contributed by atoms with E-state index in [1.54, 1.807) is 11.9 Å². The molecule has 7 heteroatoms. The van der Waals surface area contributed by atoms with Crippen LogP contribution >= 0.6 is 0 Å². The number of nitrogens with one attached hydrogen (secondary N) is 2. The van der Waals surface area contributed by atoms with Crippen LogP contribution in [-0.2, 0) is 14.3 Å². The van der Waals surface area contributed by atoms with E-state index in [0.717, 1.165) is 6.42 Å². The molecule has 0 aromatic heterocycles. The average molecular weight is 285 g/mol. The Bertz CT molecular complexity index is 380. The number of carbonyl (C=O) groups excluding carboxylic acids is 3. The SMILES string of the molecule is CNC(=O)C1CCCN1C(=O)[C@@H](NC(=O)OC)C(C)C. The number of likely N-dealkylation sites (N-methyl/N-ethyl adjacent to an activating group) is 1. The quantitative estimate of drug-likeness (QED) is 0.767. The maximum Gasteiger partial charge on any atom is 0.407 e. The van der Waals surface area contributed by atoms with Gasteiger partial charge in [0.25, 0.3) is 0 Å². The third kappa shape index (κ3) is 3.61. The molecule has 0 bridgehead atoms. The highest BCUT2D eigenvalue weighted by Gasteiger charge is 2.38. The molecule has 1 saturated heterocycles. The molecule has 0 aromatic carbocycles. The number of likely N-dealkylation sites (tertiary alicyclic amines) is 1. The molecule has 20 heavy (non-hydrogen) atoms. The summed E-state index contributed by atoms with van der Waals surface area (Å²) in [5.41, 5.74) is 0. The normalized spacial score (nSPS) is 19.6. The molecule has 0 saturated carbocycles. The Labute approximate surface area is 119 Å². The third-order valence-electron chi connectivity index (χ3n) is 3.48. The van der Waals surface area contributed by atoms with E-state index >= 15 is 0 Å². The Morgan fingerprint density at radius 3 is 2.45 bits per heavy atom. The third-order valence-corrected chi connectivity index (χ3v) is 3.48. The van der Waals surface area contributed by atoms with Gasteiger partial charge in [0, 0.05) is 13.6 Å². The van der Waals surface area contributed by atoms with Crippen LogP contribution in [0.5, 0.6) is 0 Å². The molecule has 1 fully saturated rings. The van der Waals surface area contributed by atoms with Crippen LogP contribution in [0.1, 0.15) is 26.7 Å². The minimum atomic E-state index is -0.687. The van der Waals surface area contributed by atoms with Crippen molar-refractivity contribution in [1.82, 2.24) is 15.5 Å². The smallest absolute Gasteiger partial charge is 0.407 e. The zero-order valence-corrected chi connectivity index (χ0v) is 12.4. The Morgan fingerprint density at radius 1 is 1.30 bits per heavy atom. The first-order chi connectivity index (χ1) is 9.42. The van der Waals surface area contributed by atoms with Gasteiger partial charge in [-0.05, 0) is 18.8 Å². The Hall–Kier alpha value is -1.79. The number of hydrogen-bond acceptors (Lipinski definition) is 4. The maximum absolute atomic E-state index is 12.5. The van der Waals surface area contributed by atoms with Crippen molar-refractivity contribution in [3.63, 3.8) is 0 Å². The molecule has 1 rings (SSSR count). The maximum atomic E-state index is 12.5. The highest BCUT2D eigenvalue weighted by molar-refractivity contribution is 5.91. The average Bonchev–Trinajstić information content (AvgIpc) is 2.91. The molecule has 0 spiro atoms. The van der Waals surface area contributed by atoms with E-state index < -0.39 is 18.2 Å². The van der Waals surface area contributed by atoms with Crippen LogP contribution < -0.4 is 10.6 Å². The van der Waals surface area contributed by atoms with Gasteiger partial charge in [0.1, 0.15) is 12.1 Å². The lowest BCUT2D eigenvalue weighted by atomic mass is 10.0. The lowest BCUT2D eigenvalue weighted by Gasteiger charge is -2.29. The van der Waals surface area contributed by atoms with Gasteiger partial charge in [-0.1, -0.05) is 13.8 Å². The van der Waals surface area contributed by atoms with Gasteiger partial charge < -0.3 is 20.3 Å². The van der Waals surface area contributed by atoms with Crippen molar-refractivity contribution in [2.45, 2.75) is 38.8 Å². The summed E-state index contributed by atoms with van der Waals surface area (Å²) >= 11 is 0. The van der Waals surface area contributed by atoms with Crippen LogP contribution in [0.3, 0.4) is 0 Å². The van der Waals surface area contributed by atoms with E-state index in [1.807, 2.05) is 13.8 Å². The first-order valence-electron chi connectivity index (χ1n) is 6.79. The molecule has 0 aliphatic carbocycles. The van der Waals surface area contributed by atoms with E-state index in [4.69, 9.17) is 0 Å². The summed E-state index contributed by atoms with van der Waals surface area (Å²) < 4.78 is 4.54. The fourth-order valence-corrected chi connectivity index (χ4v) is 2.35.